The Labute approximate surface area is 518 Å². The number of phosphoric ester groups is 1. The maximum atomic E-state index is 13.1. The summed E-state index contributed by atoms with van der Waals surface area (Å²) >= 11 is 0. The molecular formula is C74H143N2O6P. The van der Waals surface area contributed by atoms with E-state index >= 15 is 0 Å². The van der Waals surface area contributed by atoms with E-state index in [1.165, 1.54) is 295 Å². The van der Waals surface area contributed by atoms with E-state index in [1.807, 2.05) is 27.2 Å². The number of unbranched alkanes of at least 4 members (excludes halogenated alkanes) is 49. The van der Waals surface area contributed by atoms with Gasteiger partial charge in [0.05, 0.1) is 39.9 Å². The first-order valence-corrected chi connectivity index (χ1v) is 38.0. The van der Waals surface area contributed by atoms with Crippen molar-refractivity contribution in [3.63, 3.8) is 0 Å². The maximum Gasteiger partial charge on any atom is 0.268 e. The summed E-state index contributed by atoms with van der Waals surface area (Å²) < 4.78 is 23.5. The van der Waals surface area contributed by atoms with Gasteiger partial charge in [0.1, 0.15) is 13.2 Å². The zero-order valence-electron chi connectivity index (χ0n) is 56.2. The van der Waals surface area contributed by atoms with Crippen LogP contribution in [-0.4, -0.2) is 68.5 Å². The first-order chi connectivity index (χ1) is 40.5. The minimum Gasteiger partial charge on any atom is -0.756 e. The number of amides is 1. The van der Waals surface area contributed by atoms with E-state index in [4.69, 9.17) is 9.05 Å². The fourth-order valence-electron chi connectivity index (χ4n) is 11.1. The van der Waals surface area contributed by atoms with Crippen LogP contribution in [0.3, 0.4) is 0 Å². The minimum absolute atomic E-state index is 0.000514. The molecule has 0 saturated carbocycles. The highest BCUT2D eigenvalue weighted by Crippen LogP contribution is 2.38. The second-order valence-electron chi connectivity index (χ2n) is 26.3. The molecule has 0 fully saturated rings. The molecule has 0 spiro atoms. The summed E-state index contributed by atoms with van der Waals surface area (Å²) in [6.45, 7) is 4.69. The molecule has 0 aromatic rings. The molecule has 0 bridgehead atoms. The number of aliphatic hydroxyl groups is 1. The Balaban J connectivity index is 4.01. The van der Waals surface area contributed by atoms with Crippen molar-refractivity contribution in [2.75, 3.05) is 40.9 Å². The van der Waals surface area contributed by atoms with Crippen LogP contribution in [0.2, 0.25) is 0 Å². The molecule has 0 aromatic carbocycles. The van der Waals surface area contributed by atoms with Crippen molar-refractivity contribution in [1.82, 2.24) is 5.32 Å². The van der Waals surface area contributed by atoms with Crippen LogP contribution in [0.15, 0.2) is 48.6 Å². The summed E-state index contributed by atoms with van der Waals surface area (Å²) in [5, 5.41) is 14.0. The lowest BCUT2D eigenvalue weighted by Crippen LogP contribution is -2.45. The lowest BCUT2D eigenvalue weighted by atomic mass is 10.0. The molecule has 3 unspecified atom stereocenters. The van der Waals surface area contributed by atoms with E-state index in [-0.39, 0.29) is 19.1 Å². The van der Waals surface area contributed by atoms with Crippen molar-refractivity contribution in [2.45, 2.75) is 379 Å². The van der Waals surface area contributed by atoms with Gasteiger partial charge in [-0.05, 0) is 57.8 Å². The van der Waals surface area contributed by atoms with Crippen LogP contribution < -0.4 is 10.2 Å². The van der Waals surface area contributed by atoms with E-state index in [2.05, 4.69) is 55.6 Å². The number of allylic oxidation sites excluding steroid dienone is 7. The number of nitrogens with zero attached hydrogens (tertiary/aromatic N) is 1. The SMILES string of the molecule is CCCCCCC/C=C\C/C=C\C/C=C\CCCCCCCCCCCCCCCCCCCCCCC(=O)NC(COP(=O)([O-])OCC[N+](C)(C)C)C(O)/C=C/CCCCCCCCCCCCCCCCCCCCCCCCCC. The van der Waals surface area contributed by atoms with Gasteiger partial charge in [-0.2, -0.15) is 0 Å². The first-order valence-electron chi connectivity index (χ1n) is 36.5. The second kappa shape index (κ2) is 64.9. The molecule has 9 heteroatoms. The van der Waals surface area contributed by atoms with Crippen molar-refractivity contribution in [3.8, 4) is 0 Å². The maximum absolute atomic E-state index is 13.1. The van der Waals surface area contributed by atoms with Crippen LogP contribution >= 0.6 is 7.82 Å². The fraction of sp³-hybridized carbons (Fsp3) is 0.878. The summed E-state index contributed by atoms with van der Waals surface area (Å²) in [5.41, 5.74) is 0. The molecule has 1 amide bonds. The van der Waals surface area contributed by atoms with E-state index in [0.717, 1.165) is 51.4 Å². The van der Waals surface area contributed by atoms with Gasteiger partial charge in [-0.15, -0.1) is 0 Å². The van der Waals surface area contributed by atoms with Gasteiger partial charge in [0.15, 0.2) is 0 Å². The number of hydrogen-bond donors (Lipinski definition) is 2. The Morgan fingerprint density at radius 2 is 0.699 bits per heavy atom. The van der Waals surface area contributed by atoms with Crippen LogP contribution in [0, 0.1) is 0 Å². The summed E-state index contributed by atoms with van der Waals surface area (Å²) in [6.07, 6.45) is 88.1. The average molecular weight is 1190 g/mol. The lowest BCUT2D eigenvalue weighted by molar-refractivity contribution is -0.870. The molecule has 0 rings (SSSR count). The van der Waals surface area contributed by atoms with Crippen LogP contribution in [0.25, 0.3) is 0 Å². The minimum atomic E-state index is -4.60. The monoisotopic (exact) mass is 1190 g/mol. The predicted octanol–water partition coefficient (Wildman–Crippen LogP) is 22.8. The van der Waals surface area contributed by atoms with Gasteiger partial charge in [-0.25, -0.2) is 0 Å². The van der Waals surface area contributed by atoms with Crippen LogP contribution in [0.5, 0.6) is 0 Å². The zero-order chi connectivity index (χ0) is 60.5. The molecule has 0 aliphatic rings. The molecule has 0 radical (unpaired) electrons. The molecular weight excluding hydrogens is 1040 g/mol. The number of quaternary nitrogens is 1. The largest absolute Gasteiger partial charge is 0.756 e. The molecule has 490 valence electrons. The number of rotatable bonds is 68. The van der Waals surface area contributed by atoms with Crippen molar-refractivity contribution >= 4 is 13.7 Å². The van der Waals surface area contributed by atoms with Gasteiger partial charge < -0.3 is 28.8 Å². The molecule has 0 aliphatic heterocycles. The number of nitrogens with one attached hydrogen (secondary N) is 1. The van der Waals surface area contributed by atoms with Crippen molar-refractivity contribution < 1.29 is 32.9 Å². The summed E-state index contributed by atoms with van der Waals surface area (Å²) in [7, 11) is 1.28. The number of phosphoric acid groups is 1. The quantitative estimate of drug-likeness (QED) is 0.0272. The van der Waals surface area contributed by atoms with Gasteiger partial charge in [0.25, 0.3) is 7.82 Å². The topological polar surface area (TPSA) is 108 Å². The van der Waals surface area contributed by atoms with Crippen molar-refractivity contribution in [2.24, 2.45) is 0 Å². The van der Waals surface area contributed by atoms with Crippen molar-refractivity contribution in [3.05, 3.63) is 48.6 Å². The smallest absolute Gasteiger partial charge is 0.268 e. The number of hydrogen-bond acceptors (Lipinski definition) is 6. The Bertz CT molecular complexity index is 1490. The molecule has 0 aromatic heterocycles. The highest BCUT2D eigenvalue weighted by molar-refractivity contribution is 7.45. The number of likely N-dealkylation sites (N-methyl/N-ethyl adjacent to an activating group) is 1. The van der Waals surface area contributed by atoms with E-state index in [0.29, 0.717) is 17.4 Å². The average Bonchev–Trinajstić information content (AvgIpc) is 3.49. The van der Waals surface area contributed by atoms with Gasteiger partial charge in [0.2, 0.25) is 5.91 Å². The Hall–Kier alpha value is -1.54. The Kier molecular flexibility index (Phi) is 63.7. The van der Waals surface area contributed by atoms with E-state index < -0.39 is 20.0 Å². The normalized spacial score (nSPS) is 13.9. The van der Waals surface area contributed by atoms with Crippen molar-refractivity contribution in [1.29, 1.82) is 0 Å². The molecule has 83 heavy (non-hydrogen) atoms. The summed E-state index contributed by atoms with van der Waals surface area (Å²) in [4.78, 5) is 25.7. The zero-order valence-corrected chi connectivity index (χ0v) is 57.1. The number of carbonyl (C=O) groups is 1. The number of aliphatic hydroxyl groups excluding tert-OH is 1. The highest BCUT2D eigenvalue weighted by Gasteiger charge is 2.23. The molecule has 3 atom stereocenters. The second-order valence-corrected chi connectivity index (χ2v) is 27.7. The number of carbonyl (C=O) groups excluding carboxylic acids is 1. The highest BCUT2D eigenvalue weighted by atomic mass is 31.2. The standard InChI is InChI=1S/C74H143N2O6P/c1-6-8-10-12-14-16-18-20-22-24-26-28-30-32-34-35-36-37-38-39-40-41-42-44-46-48-50-52-54-56-58-60-62-64-66-68-74(78)75-72(71-82-83(79,80)81-70-69-76(3,4)5)73(77)67-65-63-61-59-57-55-53-51-49-47-45-43-33-31-29-27-25-23-21-19-17-15-13-11-9-7-2/h18,20,24,26,30,32,65,67,72-73,77H,6-17,19,21-23,25,27-29,31,33-64,66,68-71H2,1-5H3,(H-,75,78,79,80)/b20-18-,26-24-,32-30-,67-65+. The van der Waals surface area contributed by atoms with Gasteiger partial charge in [-0.3, -0.25) is 9.36 Å². The molecule has 0 heterocycles. The predicted molar refractivity (Wildman–Crippen MR) is 362 cm³/mol. The Morgan fingerprint density at radius 3 is 1.01 bits per heavy atom. The van der Waals surface area contributed by atoms with Gasteiger partial charge in [0, 0.05) is 6.42 Å². The van der Waals surface area contributed by atoms with Gasteiger partial charge >= 0.3 is 0 Å². The molecule has 0 saturated heterocycles. The lowest BCUT2D eigenvalue weighted by Gasteiger charge is -2.29. The molecule has 8 nitrogen and oxygen atoms in total. The first kappa shape index (κ1) is 81.5. The molecule has 2 N–H and O–H groups in total. The van der Waals surface area contributed by atoms with Crippen LogP contribution in [-0.2, 0) is 18.4 Å². The molecule has 0 aliphatic carbocycles. The third-order valence-corrected chi connectivity index (χ3v) is 17.7. The third-order valence-electron chi connectivity index (χ3n) is 16.8. The van der Waals surface area contributed by atoms with E-state index in [9.17, 15) is 19.4 Å². The summed E-state index contributed by atoms with van der Waals surface area (Å²) in [5.74, 6) is -0.190. The van der Waals surface area contributed by atoms with Crippen LogP contribution in [0.1, 0.15) is 367 Å². The van der Waals surface area contributed by atoms with Gasteiger partial charge in [-0.1, -0.05) is 351 Å². The van der Waals surface area contributed by atoms with E-state index in [1.54, 1.807) is 6.08 Å². The Morgan fingerprint density at radius 1 is 0.422 bits per heavy atom. The summed E-state index contributed by atoms with van der Waals surface area (Å²) in [6, 6.07) is -0.888. The van der Waals surface area contributed by atoms with Crippen LogP contribution in [0.4, 0.5) is 0 Å². The third kappa shape index (κ3) is 67.8. The fourth-order valence-corrected chi connectivity index (χ4v) is 11.8.